The number of ether oxygens (including phenoxy) is 1. The molecular formula is C19H25N3O3. The minimum atomic E-state index is -0.514. The predicted molar refractivity (Wildman–Crippen MR) is 93.5 cm³/mol. The Hall–Kier alpha value is -2.55. The zero-order valence-corrected chi connectivity index (χ0v) is 15.0. The van der Waals surface area contributed by atoms with Gasteiger partial charge < -0.3 is 15.0 Å². The molecule has 1 aliphatic rings. The highest BCUT2D eigenvalue weighted by atomic mass is 16.6. The fourth-order valence-corrected chi connectivity index (χ4v) is 2.76. The van der Waals surface area contributed by atoms with Crippen LogP contribution < -0.4 is 5.32 Å². The average molecular weight is 343 g/mol. The first-order valence-corrected chi connectivity index (χ1v) is 8.54. The monoisotopic (exact) mass is 343 g/mol. The molecule has 1 saturated heterocycles. The number of rotatable bonds is 3. The van der Waals surface area contributed by atoms with E-state index in [0.29, 0.717) is 38.0 Å². The zero-order valence-electron chi connectivity index (χ0n) is 15.0. The number of carbonyl (C=O) groups is 2. The van der Waals surface area contributed by atoms with Crippen LogP contribution in [0.1, 0.15) is 44.7 Å². The summed E-state index contributed by atoms with van der Waals surface area (Å²) in [6, 6.07) is 9.35. The van der Waals surface area contributed by atoms with Gasteiger partial charge in [0.1, 0.15) is 5.60 Å². The molecule has 2 amide bonds. The van der Waals surface area contributed by atoms with Crippen LogP contribution in [0.25, 0.3) is 0 Å². The number of hydrogen-bond acceptors (Lipinski definition) is 4. The lowest BCUT2D eigenvalue weighted by Gasteiger charge is -2.32. The number of nitriles is 1. The van der Waals surface area contributed by atoms with Crippen LogP contribution in [0, 0.1) is 17.2 Å². The molecule has 0 aliphatic carbocycles. The largest absolute Gasteiger partial charge is 0.444 e. The summed E-state index contributed by atoms with van der Waals surface area (Å²) in [5.74, 6) is -0.149. The molecule has 134 valence electrons. The van der Waals surface area contributed by atoms with Gasteiger partial charge in [0, 0.05) is 25.6 Å². The lowest BCUT2D eigenvalue weighted by Crippen LogP contribution is -2.44. The van der Waals surface area contributed by atoms with Gasteiger partial charge in [-0.15, -0.1) is 0 Å². The van der Waals surface area contributed by atoms with Gasteiger partial charge in [0.2, 0.25) is 5.91 Å². The smallest absolute Gasteiger partial charge is 0.410 e. The molecule has 6 nitrogen and oxygen atoms in total. The summed E-state index contributed by atoms with van der Waals surface area (Å²) in [6.07, 6.45) is 0.907. The van der Waals surface area contributed by atoms with Gasteiger partial charge in [0.15, 0.2) is 0 Å². The molecule has 1 fully saturated rings. The second-order valence-electron chi connectivity index (χ2n) is 7.23. The first kappa shape index (κ1) is 18.8. The highest BCUT2D eigenvalue weighted by Crippen LogP contribution is 2.20. The van der Waals surface area contributed by atoms with Crippen LogP contribution >= 0.6 is 0 Å². The molecule has 0 bridgehead atoms. The molecule has 1 aliphatic heterocycles. The highest BCUT2D eigenvalue weighted by molar-refractivity contribution is 5.79. The number of amides is 2. The van der Waals surface area contributed by atoms with Crippen molar-refractivity contribution < 1.29 is 14.3 Å². The van der Waals surface area contributed by atoms with Gasteiger partial charge in [-0.1, -0.05) is 18.2 Å². The van der Waals surface area contributed by atoms with Crippen LogP contribution in [0.3, 0.4) is 0 Å². The summed E-state index contributed by atoms with van der Waals surface area (Å²) in [5.41, 5.74) is 0.867. The second kappa shape index (κ2) is 8.02. The van der Waals surface area contributed by atoms with E-state index < -0.39 is 5.60 Å². The third-order valence-corrected chi connectivity index (χ3v) is 4.11. The molecule has 0 saturated carbocycles. The summed E-state index contributed by atoms with van der Waals surface area (Å²) in [6.45, 7) is 6.89. The molecule has 0 spiro atoms. The number of piperidine rings is 1. The van der Waals surface area contributed by atoms with Gasteiger partial charge in [0.05, 0.1) is 11.6 Å². The molecule has 0 radical (unpaired) electrons. The fourth-order valence-electron chi connectivity index (χ4n) is 2.76. The van der Waals surface area contributed by atoms with Crippen molar-refractivity contribution in [3.63, 3.8) is 0 Å². The van der Waals surface area contributed by atoms with Crippen molar-refractivity contribution in [1.82, 2.24) is 10.2 Å². The van der Waals surface area contributed by atoms with E-state index in [-0.39, 0.29) is 17.9 Å². The van der Waals surface area contributed by atoms with Gasteiger partial charge in [-0.3, -0.25) is 4.79 Å². The van der Waals surface area contributed by atoms with Crippen LogP contribution in [0.15, 0.2) is 24.3 Å². The van der Waals surface area contributed by atoms with E-state index in [1.165, 1.54) is 0 Å². The van der Waals surface area contributed by atoms with E-state index in [1.54, 1.807) is 17.0 Å². The van der Waals surface area contributed by atoms with E-state index in [1.807, 2.05) is 32.9 Å². The van der Waals surface area contributed by atoms with Crippen LogP contribution in [-0.2, 0) is 16.1 Å². The minimum Gasteiger partial charge on any atom is -0.444 e. The fraction of sp³-hybridized carbons (Fsp3) is 0.526. The Balaban J connectivity index is 1.81. The third kappa shape index (κ3) is 5.49. The minimum absolute atomic E-state index is 0.0309. The van der Waals surface area contributed by atoms with E-state index in [9.17, 15) is 9.59 Å². The lowest BCUT2D eigenvalue weighted by atomic mass is 9.96. The molecule has 1 aromatic rings. The maximum absolute atomic E-state index is 12.3. The SMILES string of the molecule is CC(C)(C)OC(=O)N1CCC(C(=O)NCc2ccccc2C#N)CC1. The van der Waals surface area contributed by atoms with Gasteiger partial charge >= 0.3 is 6.09 Å². The summed E-state index contributed by atoms with van der Waals surface area (Å²) in [5, 5.41) is 12.0. The molecule has 0 aromatic heterocycles. The molecule has 6 heteroatoms. The third-order valence-electron chi connectivity index (χ3n) is 4.11. The number of nitrogens with one attached hydrogen (secondary N) is 1. The summed E-state index contributed by atoms with van der Waals surface area (Å²) >= 11 is 0. The Morgan fingerprint density at radius 1 is 1.28 bits per heavy atom. The van der Waals surface area contributed by atoms with Crippen LogP contribution in [-0.4, -0.2) is 35.6 Å². The molecule has 2 rings (SSSR count). The number of benzene rings is 1. The number of hydrogen-bond donors (Lipinski definition) is 1. The standard InChI is InChI=1S/C19H25N3O3/c1-19(2,3)25-18(24)22-10-8-14(9-11-22)17(23)21-13-16-7-5-4-6-15(16)12-20/h4-7,14H,8-11,13H2,1-3H3,(H,21,23). The van der Waals surface area contributed by atoms with Gasteiger partial charge in [-0.25, -0.2) is 4.79 Å². The topological polar surface area (TPSA) is 82.4 Å². The molecule has 1 heterocycles. The Bertz CT molecular complexity index is 665. The maximum Gasteiger partial charge on any atom is 0.410 e. The lowest BCUT2D eigenvalue weighted by molar-refractivity contribution is -0.126. The first-order valence-electron chi connectivity index (χ1n) is 8.54. The molecule has 1 aromatic carbocycles. The molecule has 0 atom stereocenters. The molecular weight excluding hydrogens is 318 g/mol. The number of likely N-dealkylation sites (tertiary alicyclic amines) is 1. The van der Waals surface area contributed by atoms with Crippen LogP contribution in [0.2, 0.25) is 0 Å². The van der Waals surface area contributed by atoms with E-state index in [0.717, 1.165) is 5.56 Å². The summed E-state index contributed by atoms with van der Waals surface area (Å²) < 4.78 is 5.36. The van der Waals surface area contributed by atoms with Crippen molar-refractivity contribution >= 4 is 12.0 Å². The number of carbonyl (C=O) groups excluding carboxylic acids is 2. The van der Waals surface area contributed by atoms with Crippen LogP contribution in [0.4, 0.5) is 4.79 Å². The summed E-state index contributed by atoms with van der Waals surface area (Å²) in [7, 11) is 0. The Morgan fingerprint density at radius 3 is 2.52 bits per heavy atom. The Labute approximate surface area is 148 Å². The zero-order chi connectivity index (χ0) is 18.4. The Kier molecular flexibility index (Phi) is 6.02. The average Bonchev–Trinajstić information content (AvgIpc) is 2.58. The molecule has 25 heavy (non-hydrogen) atoms. The molecule has 0 unspecified atom stereocenters. The van der Waals surface area contributed by atoms with Crippen molar-refractivity contribution in [1.29, 1.82) is 5.26 Å². The number of nitrogens with zero attached hydrogens (tertiary/aromatic N) is 2. The van der Waals surface area contributed by atoms with Crippen molar-refractivity contribution in [2.75, 3.05) is 13.1 Å². The normalized spacial score (nSPS) is 15.4. The predicted octanol–water partition coefficient (Wildman–Crippen LogP) is 2.82. The second-order valence-corrected chi connectivity index (χ2v) is 7.23. The van der Waals surface area contributed by atoms with Crippen molar-refractivity contribution in [3.05, 3.63) is 35.4 Å². The quantitative estimate of drug-likeness (QED) is 0.915. The highest BCUT2D eigenvalue weighted by Gasteiger charge is 2.29. The van der Waals surface area contributed by atoms with Crippen LogP contribution in [0.5, 0.6) is 0 Å². The van der Waals surface area contributed by atoms with Gasteiger partial charge in [0.25, 0.3) is 0 Å². The van der Waals surface area contributed by atoms with Crippen molar-refractivity contribution in [2.45, 2.75) is 45.8 Å². The first-order chi connectivity index (χ1) is 11.8. The van der Waals surface area contributed by atoms with Crippen molar-refractivity contribution in [3.8, 4) is 6.07 Å². The van der Waals surface area contributed by atoms with Crippen molar-refractivity contribution in [2.24, 2.45) is 5.92 Å². The van der Waals surface area contributed by atoms with E-state index in [4.69, 9.17) is 10.00 Å². The van der Waals surface area contributed by atoms with E-state index >= 15 is 0 Å². The maximum atomic E-state index is 12.3. The molecule has 1 N–H and O–H groups in total. The van der Waals surface area contributed by atoms with Gasteiger partial charge in [-0.05, 0) is 45.2 Å². The van der Waals surface area contributed by atoms with E-state index in [2.05, 4.69) is 11.4 Å². The summed E-state index contributed by atoms with van der Waals surface area (Å²) in [4.78, 5) is 26.0. The van der Waals surface area contributed by atoms with Gasteiger partial charge in [-0.2, -0.15) is 5.26 Å². The Morgan fingerprint density at radius 2 is 1.92 bits per heavy atom.